The average Bonchev–Trinajstić information content (AvgIpc) is 2.01. The van der Waals surface area contributed by atoms with E-state index in [1.807, 2.05) is 20.8 Å². The first-order chi connectivity index (χ1) is 6.32. The van der Waals surface area contributed by atoms with Gasteiger partial charge in [-0.3, -0.25) is 0 Å². The molecule has 75 valence electrons. The highest BCUT2D eigenvalue weighted by atomic mass is 16.4. The summed E-state index contributed by atoms with van der Waals surface area (Å²) in [6.45, 7) is 5.65. The summed E-state index contributed by atoms with van der Waals surface area (Å²) in [6.07, 6.45) is 0. The standard InChI is InChI=1S/C11H13O3/c1-11(2,3)9-6-7(12)4-5-8(9)10(13)14/h4-6,12H,1-3H3. The Labute approximate surface area is 83.0 Å². The number of phenolic OH excluding ortho intramolecular Hbond substituents is 1. The lowest BCUT2D eigenvalue weighted by Gasteiger charge is -2.20. The summed E-state index contributed by atoms with van der Waals surface area (Å²) >= 11 is 0. The molecule has 0 amide bonds. The lowest BCUT2D eigenvalue weighted by Crippen LogP contribution is -2.16. The second kappa shape index (κ2) is 3.33. The Hall–Kier alpha value is -1.51. The van der Waals surface area contributed by atoms with Crippen LogP contribution >= 0.6 is 0 Å². The lowest BCUT2D eigenvalue weighted by atomic mass is 9.83. The fourth-order valence-corrected chi connectivity index (χ4v) is 1.33. The van der Waals surface area contributed by atoms with E-state index in [-0.39, 0.29) is 16.7 Å². The number of hydrogen-bond acceptors (Lipinski definition) is 2. The van der Waals surface area contributed by atoms with E-state index >= 15 is 0 Å². The molecule has 0 saturated heterocycles. The largest absolute Gasteiger partial charge is 0.508 e. The van der Waals surface area contributed by atoms with Crippen LogP contribution in [0.15, 0.2) is 18.2 Å². The monoisotopic (exact) mass is 193 g/mol. The molecule has 0 spiro atoms. The number of aromatic hydroxyl groups is 1. The Morgan fingerprint density at radius 3 is 2.29 bits per heavy atom. The molecule has 3 heteroatoms. The highest BCUT2D eigenvalue weighted by molar-refractivity contribution is 5.89. The van der Waals surface area contributed by atoms with E-state index in [4.69, 9.17) is 0 Å². The Morgan fingerprint density at radius 1 is 1.29 bits per heavy atom. The summed E-state index contributed by atoms with van der Waals surface area (Å²) in [5, 5.41) is 20.1. The number of rotatable bonds is 1. The molecule has 1 radical (unpaired) electrons. The zero-order chi connectivity index (χ0) is 10.9. The summed E-state index contributed by atoms with van der Waals surface area (Å²) in [5.41, 5.74) is 0.390. The lowest BCUT2D eigenvalue weighted by molar-refractivity contribution is 0.0570. The molecule has 0 saturated carbocycles. The van der Waals surface area contributed by atoms with Crippen LogP contribution in [0.2, 0.25) is 0 Å². The van der Waals surface area contributed by atoms with Crippen molar-refractivity contribution in [1.29, 1.82) is 0 Å². The van der Waals surface area contributed by atoms with Gasteiger partial charge in [0.1, 0.15) is 5.75 Å². The second-order valence-electron chi connectivity index (χ2n) is 4.27. The van der Waals surface area contributed by atoms with E-state index < -0.39 is 5.97 Å². The van der Waals surface area contributed by atoms with Crippen molar-refractivity contribution in [3.8, 4) is 5.75 Å². The normalized spacial score (nSPS) is 11.4. The molecule has 1 rings (SSSR count). The molecule has 0 fully saturated rings. The minimum atomic E-state index is -1.21. The molecule has 14 heavy (non-hydrogen) atoms. The third kappa shape index (κ3) is 2.05. The molecule has 3 nitrogen and oxygen atoms in total. The van der Waals surface area contributed by atoms with E-state index in [0.29, 0.717) is 5.56 Å². The highest BCUT2D eigenvalue weighted by Gasteiger charge is 2.22. The van der Waals surface area contributed by atoms with Gasteiger partial charge in [-0.2, -0.15) is 0 Å². The zero-order valence-corrected chi connectivity index (χ0v) is 8.50. The van der Waals surface area contributed by atoms with Crippen molar-refractivity contribution in [1.82, 2.24) is 0 Å². The number of phenols is 1. The third-order valence-electron chi connectivity index (χ3n) is 2.03. The van der Waals surface area contributed by atoms with Gasteiger partial charge < -0.3 is 5.11 Å². The van der Waals surface area contributed by atoms with Crippen LogP contribution in [0, 0.1) is 0 Å². The fraction of sp³-hybridized carbons (Fsp3) is 0.364. The predicted octanol–water partition coefficient (Wildman–Crippen LogP) is 2.26. The van der Waals surface area contributed by atoms with Crippen LogP contribution in [0.4, 0.5) is 0 Å². The van der Waals surface area contributed by atoms with Gasteiger partial charge in [0.2, 0.25) is 0 Å². The molecule has 0 heterocycles. The molecule has 1 aromatic rings. The number of carbonyl (C=O) groups is 1. The summed E-state index contributed by atoms with van der Waals surface area (Å²) < 4.78 is 0. The van der Waals surface area contributed by atoms with Crippen molar-refractivity contribution in [2.24, 2.45) is 0 Å². The van der Waals surface area contributed by atoms with Crippen LogP contribution in [0.1, 0.15) is 36.7 Å². The van der Waals surface area contributed by atoms with Gasteiger partial charge >= 0.3 is 5.97 Å². The van der Waals surface area contributed by atoms with Crippen LogP contribution in [0.5, 0.6) is 5.75 Å². The zero-order valence-electron chi connectivity index (χ0n) is 8.50. The number of carbonyl (C=O) groups excluding carboxylic acids is 1. The van der Waals surface area contributed by atoms with Crippen molar-refractivity contribution in [2.75, 3.05) is 0 Å². The molecule has 0 unspecified atom stereocenters. The average molecular weight is 193 g/mol. The SMILES string of the molecule is CC(C)(C)c1cc(O)ccc1C([O])=O. The van der Waals surface area contributed by atoms with Gasteiger partial charge in [0.15, 0.2) is 0 Å². The van der Waals surface area contributed by atoms with Crippen molar-refractivity contribution in [3.63, 3.8) is 0 Å². The molecule has 1 N–H and O–H groups in total. The molecule has 0 aromatic heterocycles. The van der Waals surface area contributed by atoms with Crippen molar-refractivity contribution in [2.45, 2.75) is 26.2 Å². The van der Waals surface area contributed by atoms with Gasteiger partial charge in [-0.15, -0.1) is 0 Å². The van der Waals surface area contributed by atoms with Gasteiger partial charge in [-0.1, -0.05) is 20.8 Å². The van der Waals surface area contributed by atoms with Gasteiger partial charge in [-0.05, 0) is 29.2 Å². The third-order valence-corrected chi connectivity index (χ3v) is 2.03. The molecule has 1 aromatic carbocycles. The molecule has 0 aliphatic heterocycles. The highest BCUT2D eigenvalue weighted by Crippen LogP contribution is 2.28. The fourth-order valence-electron chi connectivity index (χ4n) is 1.33. The first-order valence-electron chi connectivity index (χ1n) is 4.37. The topological polar surface area (TPSA) is 57.2 Å². The van der Waals surface area contributed by atoms with Crippen molar-refractivity contribution < 1.29 is 15.0 Å². The summed E-state index contributed by atoms with van der Waals surface area (Å²) in [6, 6.07) is 4.18. The molecular formula is C11H13O3. The molecule has 0 aliphatic carbocycles. The molecule has 0 bridgehead atoms. The maximum Gasteiger partial charge on any atom is 0.386 e. The van der Waals surface area contributed by atoms with Gasteiger partial charge in [-0.25, -0.2) is 9.90 Å². The van der Waals surface area contributed by atoms with Crippen molar-refractivity contribution >= 4 is 5.97 Å². The van der Waals surface area contributed by atoms with E-state index in [2.05, 4.69) is 0 Å². The summed E-state index contributed by atoms with van der Waals surface area (Å²) in [5.74, 6) is -1.14. The van der Waals surface area contributed by atoms with Crippen LogP contribution in [-0.4, -0.2) is 11.1 Å². The molecule has 0 atom stereocenters. The van der Waals surface area contributed by atoms with Gasteiger partial charge in [0.25, 0.3) is 0 Å². The van der Waals surface area contributed by atoms with E-state index in [0.717, 1.165) is 0 Å². The number of benzene rings is 1. The summed E-state index contributed by atoms with van der Waals surface area (Å²) in [4.78, 5) is 10.8. The van der Waals surface area contributed by atoms with Crippen molar-refractivity contribution in [3.05, 3.63) is 29.3 Å². The first kappa shape index (κ1) is 10.6. The first-order valence-corrected chi connectivity index (χ1v) is 4.37. The van der Waals surface area contributed by atoms with E-state index in [1.165, 1.54) is 18.2 Å². The van der Waals surface area contributed by atoms with Gasteiger partial charge in [0, 0.05) is 0 Å². The second-order valence-corrected chi connectivity index (χ2v) is 4.27. The van der Waals surface area contributed by atoms with Crippen LogP contribution in [-0.2, 0) is 10.5 Å². The van der Waals surface area contributed by atoms with E-state index in [9.17, 15) is 15.0 Å². The van der Waals surface area contributed by atoms with Crippen LogP contribution in [0.25, 0.3) is 0 Å². The van der Waals surface area contributed by atoms with Gasteiger partial charge in [0.05, 0.1) is 5.56 Å². The summed E-state index contributed by atoms with van der Waals surface area (Å²) in [7, 11) is 0. The smallest absolute Gasteiger partial charge is 0.386 e. The molecular weight excluding hydrogens is 180 g/mol. The van der Waals surface area contributed by atoms with Crippen LogP contribution in [0.3, 0.4) is 0 Å². The Morgan fingerprint density at radius 2 is 1.86 bits per heavy atom. The number of hydrogen-bond donors (Lipinski definition) is 1. The maximum absolute atomic E-state index is 10.8. The maximum atomic E-state index is 10.8. The Kier molecular flexibility index (Phi) is 2.51. The quantitative estimate of drug-likeness (QED) is 0.743. The minimum Gasteiger partial charge on any atom is -0.508 e. The molecule has 0 aliphatic rings. The Balaban J connectivity index is 3.38. The predicted molar refractivity (Wildman–Crippen MR) is 51.8 cm³/mol. The Bertz CT molecular complexity index is 361. The van der Waals surface area contributed by atoms with E-state index in [1.54, 1.807) is 0 Å². The van der Waals surface area contributed by atoms with Crippen LogP contribution < -0.4 is 0 Å². The minimum absolute atomic E-state index is 0.0694.